The van der Waals surface area contributed by atoms with E-state index in [0.717, 1.165) is 34.1 Å². The monoisotopic (exact) mass is 275 g/mol. The van der Waals surface area contributed by atoms with Crippen molar-refractivity contribution in [2.24, 2.45) is 5.73 Å². The maximum atomic E-state index is 6.09. The molecular formula is C16H18ClNO. The van der Waals surface area contributed by atoms with Crippen LogP contribution in [0.25, 0.3) is 0 Å². The zero-order chi connectivity index (χ0) is 13.8. The van der Waals surface area contributed by atoms with Crippen LogP contribution in [0.3, 0.4) is 0 Å². The van der Waals surface area contributed by atoms with Gasteiger partial charge in [0.1, 0.15) is 11.5 Å². The topological polar surface area (TPSA) is 35.2 Å². The minimum absolute atomic E-state index is 0.0382. The highest BCUT2D eigenvalue weighted by Crippen LogP contribution is 2.27. The van der Waals surface area contributed by atoms with Gasteiger partial charge in [-0.15, -0.1) is 0 Å². The van der Waals surface area contributed by atoms with Crippen LogP contribution in [0.5, 0.6) is 11.5 Å². The Morgan fingerprint density at radius 3 is 2.32 bits per heavy atom. The first-order valence-corrected chi connectivity index (χ1v) is 6.79. The van der Waals surface area contributed by atoms with Crippen molar-refractivity contribution in [3.63, 3.8) is 0 Å². The quantitative estimate of drug-likeness (QED) is 0.877. The van der Waals surface area contributed by atoms with Crippen molar-refractivity contribution < 1.29 is 4.74 Å². The zero-order valence-corrected chi connectivity index (χ0v) is 11.9. The first kappa shape index (κ1) is 13.9. The van der Waals surface area contributed by atoms with E-state index in [1.807, 2.05) is 49.4 Å². The summed E-state index contributed by atoms with van der Waals surface area (Å²) in [6.07, 6.45) is 0.889. The highest BCUT2D eigenvalue weighted by Gasteiger charge is 2.03. The summed E-state index contributed by atoms with van der Waals surface area (Å²) in [5, 5.41) is 0.780. The number of rotatable bonds is 4. The van der Waals surface area contributed by atoms with Crippen molar-refractivity contribution >= 4 is 11.6 Å². The lowest BCUT2D eigenvalue weighted by atomic mass is 10.1. The summed E-state index contributed by atoms with van der Waals surface area (Å²) in [6, 6.07) is 13.6. The van der Waals surface area contributed by atoms with Gasteiger partial charge in [-0.3, -0.25) is 0 Å². The van der Waals surface area contributed by atoms with E-state index in [1.165, 1.54) is 0 Å². The summed E-state index contributed by atoms with van der Waals surface area (Å²) in [5.41, 5.74) is 8.00. The van der Waals surface area contributed by atoms with Crippen molar-refractivity contribution in [3.8, 4) is 11.5 Å². The molecule has 0 amide bonds. The van der Waals surface area contributed by atoms with Gasteiger partial charge in [0.2, 0.25) is 0 Å². The molecule has 0 bridgehead atoms. The van der Waals surface area contributed by atoms with Crippen LogP contribution in [-0.4, -0.2) is 0 Å². The Hall–Kier alpha value is -1.51. The molecule has 100 valence electrons. The predicted molar refractivity (Wildman–Crippen MR) is 79.9 cm³/mol. The molecule has 0 unspecified atom stereocenters. The number of hydrogen-bond acceptors (Lipinski definition) is 2. The minimum Gasteiger partial charge on any atom is -0.457 e. The van der Waals surface area contributed by atoms with Crippen molar-refractivity contribution in [2.75, 3.05) is 0 Å². The number of aryl methyl sites for hydroxylation is 1. The van der Waals surface area contributed by atoms with Crippen molar-refractivity contribution in [1.29, 1.82) is 0 Å². The number of benzene rings is 2. The van der Waals surface area contributed by atoms with Crippen LogP contribution >= 0.6 is 11.6 Å². The smallest absolute Gasteiger partial charge is 0.127 e. The third-order valence-electron chi connectivity index (χ3n) is 3.04. The molecule has 2 aromatic carbocycles. The fourth-order valence-electron chi connectivity index (χ4n) is 1.86. The molecule has 0 aliphatic heterocycles. The molecule has 0 fully saturated rings. The van der Waals surface area contributed by atoms with E-state index < -0.39 is 0 Å². The molecule has 0 aromatic heterocycles. The summed E-state index contributed by atoms with van der Waals surface area (Å²) in [7, 11) is 0. The Morgan fingerprint density at radius 1 is 1.11 bits per heavy atom. The Kier molecular flexibility index (Phi) is 4.46. The molecule has 0 aliphatic carbocycles. The van der Waals surface area contributed by atoms with Crippen LogP contribution in [-0.2, 0) is 6.42 Å². The van der Waals surface area contributed by atoms with Gasteiger partial charge in [0.25, 0.3) is 0 Å². The molecule has 3 heteroatoms. The molecule has 0 aliphatic rings. The summed E-state index contributed by atoms with van der Waals surface area (Å²) in [5.74, 6) is 1.60. The van der Waals surface area contributed by atoms with Gasteiger partial charge in [-0.1, -0.05) is 30.7 Å². The normalized spacial score (nSPS) is 12.2. The van der Waals surface area contributed by atoms with Gasteiger partial charge in [0.15, 0.2) is 0 Å². The van der Waals surface area contributed by atoms with Crippen LogP contribution in [0.4, 0.5) is 0 Å². The molecule has 0 spiro atoms. The first-order valence-electron chi connectivity index (χ1n) is 6.42. The fraction of sp³-hybridized carbons (Fsp3) is 0.250. The Morgan fingerprint density at radius 2 is 1.74 bits per heavy atom. The van der Waals surface area contributed by atoms with Crippen molar-refractivity contribution in [3.05, 3.63) is 58.6 Å². The van der Waals surface area contributed by atoms with Crippen LogP contribution in [0.15, 0.2) is 42.5 Å². The highest BCUT2D eigenvalue weighted by atomic mass is 35.5. The maximum Gasteiger partial charge on any atom is 0.127 e. The maximum absolute atomic E-state index is 6.09. The van der Waals surface area contributed by atoms with E-state index in [0.29, 0.717) is 0 Å². The second kappa shape index (κ2) is 6.09. The molecule has 2 aromatic rings. The summed E-state index contributed by atoms with van der Waals surface area (Å²) in [6.45, 7) is 4.03. The molecular weight excluding hydrogens is 258 g/mol. The van der Waals surface area contributed by atoms with E-state index in [2.05, 4.69) is 6.92 Å². The zero-order valence-electron chi connectivity index (χ0n) is 11.2. The minimum atomic E-state index is 0.0382. The molecule has 2 nitrogen and oxygen atoms in total. The van der Waals surface area contributed by atoms with Gasteiger partial charge in [-0.2, -0.15) is 0 Å². The molecule has 0 saturated carbocycles. The van der Waals surface area contributed by atoms with Crippen LogP contribution in [0.2, 0.25) is 5.02 Å². The average molecular weight is 276 g/mol. The number of hydrogen-bond donors (Lipinski definition) is 1. The molecule has 2 N–H and O–H groups in total. The highest BCUT2D eigenvalue weighted by molar-refractivity contribution is 6.31. The third-order valence-corrected chi connectivity index (χ3v) is 3.41. The lowest BCUT2D eigenvalue weighted by Crippen LogP contribution is -2.04. The molecule has 1 atom stereocenters. The lowest BCUT2D eigenvalue weighted by Gasteiger charge is -2.10. The van der Waals surface area contributed by atoms with Crippen LogP contribution < -0.4 is 10.5 Å². The summed E-state index contributed by atoms with van der Waals surface area (Å²) < 4.78 is 5.81. The second-order valence-corrected chi connectivity index (χ2v) is 4.97. The lowest BCUT2D eigenvalue weighted by molar-refractivity contribution is 0.481. The third kappa shape index (κ3) is 3.49. The SMILES string of the molecule is CCc1cc(Oc2ccc([C@H](C)N)cc2)ccc1Cl. The fourth-order valence-corrected chi connectivity index (χ4v) is 2.11. The van der Waals surface area contributed by atoms with Crippen molar-refractivity contribution in [2.45, 2.75) is 26.3 Å². The van der Waals surface area contributed by atoms with Crippen LogP contribution in [0.1, 0.15) is 31.0 Å². The van der Waals surface area contributed by atoms with E-state index in [-0.39, 0.29) is 6.04 Å². The Bertz CT molecular complexity index is 549. The molecule has 0 radical (unpaired) electrons. The van der Waals surface area contributed by atoms with Gasteiger partial charge in [-0.25, -0.2) is 0 Å². The largest absolute Gasteiger partial charge is 0.457 e. The second-order valence-electron chi connectivity index (χ2n) is 4.57. The van der Waals surface area contributed by atoms with Crippen molar-refractivity contribution in [1.82, 2.24) is 0 Å². The average Bonchev–Trinajstić information content (AvgIpc) is 2.41. The Balaban J connectivity index is 2.16. The van der Waals surface area contributed by atoms with Gasteiger partial charge in [-0.05, 0) is 54.8 Å². The predicted octanol–water partition coefficient (Wildman–Crippen LogP) is 4.71. The van der Waals surface area contributed by atoms with Gasteiger partial charge in [0.05, 0.1) is 0 Å². The summed E-state index contributed by atoms with van der Waals surface area (Å²) in [4.78, 5) is 0. The number of ether oxygens (including phenoxy) is 1. The van der Waals surface area contributed by atoms with Gasteiger partial charge < -0.3 is 10.5 Å². The van der Waals surface area contributed by atoms with Gasteiger partial charge >= 0.3 is 0 Å². The molecule has 19 heavy (non-hydrogen) atoms. The van der Waals surface area contributed by atoms with E-state index >= 15 is 0 Å². The molecule has 2 rings (SSSR count). The number of halogens is 1. The Labute approximate surface area is 119 Å². The standard InChI is InChI=1S/C16H18ClNO/c1-3-12-10-15(8-9-16(12)17)19-14-6-4-13(5-7-14)11(2)18/h4-11H,3,18H2,1-2H3/t11-/m0/s1. The van der Waals surface area contributed by atoms with Crippen LogP contribution in [0, 0.1) is 0 Å². The molecule has 0 saturated heterocycles. The first-order chi connectivity index (χ1) is 9.10. The van der Waals surface area contributed by atoms with E-state index in [4.69, 9.17) is 22.1 Å². The number of nitrogens with two attached hydrogens (primary N) is 1. The van der Waals surface area contributed by atoms with E-state index in [9.17, 15) is 0 Å². The van der Waals surface area contributed by atoms with Gasteiger partial charge in [0, 0.05) is 11.1 Å². The summed E-state index contributed by atoms with van der Waals surface area (Å²) >= 11 is 6.09. The molecule has 0 heterocycles. The van der Waals surface area contributed by atoms with E-state index in [1.54, 1.807) is 0 Å².